The van der Waals surface area contributed by atoms with Gasteiger partial charge in [0.2, 0.25) is 0 Å². The van der Waals surface area contributed by atoms with Crippen molar-refractivity contribution in [2.75, 3.05) is 25.1 Å². The Morgan fingerprint density at radius 3 is 2.76 bits per heavy atom. The van der Waals surface area contributed by atoms with Crippen molar-refractivity contribution in [1.29, 1.82) is 0 Å². The standard InChI is InChI=1S/C33H30N4O4/c1-3-41-28(38)16-33(18-40-19-33)25-10-6-7-20(2)30(25)37-31-24-15-22(11-12-26(24)35-17-27(31)36-32(37)39)29-23-9-5-4-8-21(23)13-14-34-29/h4-15,35H,3,16-19H2,1-2H3,(H,36,39). The predicted octanol–water partition coefficient (Wildman–Crippen LogP) is 5.50. The lowest BCUT2D eigenvalue weighted by atomic mass is 9.74. The number of imidazole rings is 1. The fraction of sp³-hybridized carbons (Fsp3) is 0.242. The summed E-state index contributed by atoms with van der Waals surface area (Å²) in [7, 11) is 0. The number of nitrogens with zero attached hydrogens (tertiary/aromatic N) is 2. The van der Waals surface area contributed by atoms with E-state index in [1.807, 2.05) is 49.5 Å². The zero-order valence-corrected chi connectivity index (χ0v) is 23.0. The number of ether oxygens (including phenoxy) is 2. The molecule has 3 aromatic carbocycles. The number of nitrogens with one attached hydrogen (secondary N) is 2. The molecule has 2 aromatic heterocycles. The molecule has 1 fully saturated rings. The number of aromatic amines is 1. The van der Waals surface area contributed by atoms with Crippen molar-refractivity contribution in [2.45, 2.75) is 32.2 Å². The number of H-pyrrole nitrogens is 1. The summed E-state index contributed by atoms with van der Waals surface area (Å²) in [6.07, 6.45) is 2.02. The van der Waals surface area contributed by atoms with Crippen LogP contribution >= 0.6 is 0 Å². The summed E-state index contributed by atoms with van der Waals surface area (Å²) >= 11 is 0. The van der Waals surface area contributed by atoms with Gasteiger partial charge in [0.1, 0.15) is 0 Å². The highest BCUT2D eigenvalue weighted by atomic mass is 16.5. The van der Waals surface area contributed by atoms with Gasteiger partial charge in [-0.2, -0.15) is 0 Å². The molecule has 7 rings (SSSR count). The summed E-state index contributed by atoms with van der Waals surface area (Å²) in [5, 5.41) is 5.65. The minimum atomic E-state index is -0.568. The molecular weight excluding hydrogens is 516 g/mol. The fourth-order valence-corrected chi connectivity index (χ4v) is 6.25. The van der Waals surface area contributed by atoms with Crippen LogP contribution in [0, 0.1) is 6.92 Å². The van der Waals surface area contributed by atoms with Gasteiger partial charge in [-0.1, -0.05) is 48.5 Å². The third-order valence-corrected chi connectivity index (χ3v) is 8.23. The van der Waals surface area contributed by atoms with Crippen molar-refractivity contribution in [3.63, 3.8) is 0 Å². The van der Waals surface area contributed by atoms with Crippen LogP contribution in [0.3, 0.4) is 0 Å². The summed E-state index contributed by atoms with van der Waals surface area (Å²) < 4.78 is 12.8. The average Bonchev–Trinajstić information content (AvgIpc) is 3.30. The van der Waals surface area contributed by atoms with Gasteiger partial charge in [-0.25, -0.2) is 4.79 Å². The topological polar surface area (TPSA) is 98.2 Å². The van der Waals surface area contributed by atoms with Gasteiger partial charge in [-0.15, -0.1) is 0 Å². The first-order valence-corrected chi connectivity index (χ1v) is 13.9. The number of esters is 1. The summed E-state index contributed by atoms with van der Waals surface area (Å²) in [6.45, 7) is 5.39. The third-order valence-electron chi connectivity index (χ3n) is 8.23. The van der Waals surface area contributed by atoms with E-state index in [4.69, 9.17) is 14.5 Å². The van der Waals surface area contributed by atoms with E-state index in [0.29, 0.717) is 26.4 Å². The number of hydrogen-bond acceptors (Lipinski definition) is 6. The Kier molecular flexibility index (Phi) is 6.01. The molecule has 2 N–H and O–H groups in total. The molecule has 0 spiro atoms. The van der Waals surface area contributed by atoms with E-state index >= 15 is 0 Å². The molecular formula is C33H30N4O4. The lowest BCUT2D eigenvalue weighted by Gasteiger charge is -2.42. The van der Waals surface area contributed by atoms with Gasteiger partial charge in [0.25, 0.3) is 0 Å². The molecule has 0 amide bonds. The number of fused-ring (bicyclic) bond motifs is 4. The molecule has 206 valence electrons. The predicted molar refractivity (Wildman–Crippen MR) is 158 cm³/mol. The molecule has 8 heteroatoms. The van der Waals surface area contributed by atoms with Crippen LogP contribution in [0.1, 0.15) is 30.2 Å². The van der Waals surface area contributed by atoms with Crippen molar-refractivity contribution in [3.05, 3.63) is 100 Å². The Balaban J connectivity index is 1.42. The average molecular weight is 547 g/mol. The summed E-state index contributed by atoms with van der Waals surface area (Å²) in [5.74, 6) is -0.270. The second-order valence-electron chi connectivity index (χ2n) is 10.8. The van der Waals surface area contributed by atoms with Gasteiger partial charge >= 0.3 is 11.7 Å². The number of anilines is 1. The van der Waals surface area contributed by atoms with Crippen molar-refractivity contribution >= 4 is 22.4 Å². The number of hydrogen-bond donors (Lipinski definition) is 2. The molecule has 0 saturated carbocycles. The number of carbonyl (C=O) groups is 1. The molecule has 0 atom stereocenters. The molecule has 4 heterocycles. The van der Waals surface area contributed by atoms with E-state index in [0.717, 1.165) is 61.5 Å². The van der Waals surface area contributed by atoms with E-state index in [9.17, 15) is 9.59 Å². The van der Waals surface area contributed by atoms with Crippen LogP contribution < -0.4 is 11.0 Å². The summed E-state index contributed by atoms with van der Waals surface area (Å²) in [6, 6.07) is 22.4. The Hall–Kier alpha value is -4.69. The van der Waals surface area contributed by atoms with E-state index in [-0.39, 0.29) is 18.1 Å². The highest BCUT2D eigenvalue weighted by molar-refractivity contribution is 5.96. The first-order chi connectivity index (χ1) is 20.0. The molecule has 2 aliphatic rings. The maximum atomic E-state index is 13.8. The summed E-state index contributed by atoms with van der Waals surface area (Å²) in [4.78, 5) is 34.3. The second-order valence-corrected chi connectivity index (χ2v) is 10.8. The van der Waals surface area contributed by atoms with Gasteiger partial charge in [0.05, 0.1) is 61.0 Å². The molecule has 2 aliphatic heterocycles. The van der Waals surface area contributed by atoms with Crippen LogP contribution in [0.5, 0.6) is 0 Å². The number of benzene rings is 3. The quantitative estimate of drug-likeness (QED) is 0.273. The molecule has 8 nitrogen and oxygen atoms in total. The van der Waals surface area contributed by atoms with Crippen LogP contribution in [0.2, 0.25) is 0 Å². The highest BCUT2D eigenvalue weighted by Gasteiger charge is 2.45. The van der Waals surface area contributed by atoms with Crippen LogP contribution in [-0.4, -0.2) is 40.3 Å². The van der Waals surface area contributed by atoms with Gasteiger partial charge in [-0.05, 0) is 48.6 Å². The zero-order valence-electron chi connectivity index (χ0n) is 23.0. The summed E-state index contributed by atoms with van der Waals surface area (Å²) in [5.41, 5.74) is 7.17. The van der Waals surface area contributed by atoms with E-state index in [1.165, 1.54) is 0 Å². The van der Waals surface area contributed by atoms with E-state index in [1.54, 1.807) is 11.5 Å². The third kappa shape index (κ3) is 4.05. The first kappa shape index (κ1) is 25.3. The second kappa shape index (κ2) is 9.74. The highest BCUT2D eigenvalue weighted by Crippen LogP contribution is 2.44. The Morgan fingerprint density at radius 2 is 1.95 bits per heavy atom. The largest absolute Gasteiger partial charge is 0.466 e. The monoisotopic (exact) mass is 546 g/mol. The van der Waals surface area contributed by atoms with Crippen LogP contribution in [0.4, 0.5) is 5.69 Å². The number of aromatic nitrogens is 3. The van der Waals surface area contributed by atoms with E-state index in [2.05, 4.69) is 40.6 Å². The Labute approximate surface area is 237 Å². The minimum absolute atomic E-state index is 0.188. The molecule has 0 radical (unpaired) electrons. The Bertz CT molecular complexity index is 1880. The molecule has 0 unspecified atom stereocenters. The number of aryl methyl sites for hydroxylation is 1. The zero-order chi connectivity index (χ0) is 28.1. The lowest BCUT2D eigenvalue weighted by molar-refractivity contribution is -0.151. The molecule has 41 heavy (non-hydrogen) atoms. The fourth-order valence-electron chi connectivity index (χ4n) is 6.25. The SMILES string of the molecule is CCOC(=O)CC1(c2cccc(C)c2-n2c3c([nH]c2=O)CNc2ccc(-c4nccc5ccccc45)cc2-3)COC1. The van der Waals surface area contributed by atoms with Crippen molar-refractivity contribution in [2.24, 2.45) is 0 Å². The van der Waals surface area contributed by atoms with Crippen molar-refractivity contribution in [3.8, 4) is 28.2 Å². The van der Waals surface area contributed by atoms with Crippen molar-refractivity contribution < 1.29 is 14.3 Å². The van der Waals surface area contributed by atoms with Crippen LogP contribution in [-0.2, 0) is 26.2 Å². The maximum Gasteiger partial charge on any atom is 0.330 e. The normalized spacial score (nSPS) is 15.0. The van der Waals surface area contributed by atoms with E-state index < -0.39 is 5.41 Å². The van der Waals surface area contributed by atoms with Crippen LogP contribution in [0.25, 0.3) is 39.0 Å². The first-order valence-electron chi connectivity index (χ1n) is 13.9. The smallest absolute Gasteiger partial charge is 0.330 e. The van der Waals surface area contributed by atoms with Gasteiger partial charge in [-0.3, -0.25) is 14.3 Å². The molecule has 1 saturated heterocycles. The van der Waals surface area contributed by atoms with Crippen LogP contribution in [0.15, 0.2) is 77.7 Å². The maximum absolute atomic E-state index is 13.8. The van der Waals surface area contributed by atoms with Gasteiger partial charge in [0.15, 0.2) is 0 Å². The number of para-hydroxylation sites is 1. The molecule has 0 bridgehead atoms. The lowest BCUT2D eigenvalue weighted by Crippen LogP contribution is -2.49. The van der Waals surface area contributed by atoms with Gasteiger partial charge < -0.3 is 19.8 Å². The van der Waals surface area contributed by atoms with Crippen molar-refractivity contribution in [1.82, 2.24) is 14.5 Å². The number of rotatable bonds is 6. The molecule has 5 aromatic rings. The number of carbonyl (C=O) groups excluding carboxylic acids is 1. The minimum Gasteiger partial charge on any atom is -0.466 e. The Morgan fingerprint density at radius 1 is 1.10 bits per heavy atom. The molecule has 0 aliphatic carbocycles. The van der Waals surface area contributed by atoms with Gasteiger partial charge in [0, 0.05) is 28.4 Å². The number of pyridine rings is 1.